The largest absolute Gasteiger partial charge is 0.496 e. The van der Waals surface area contributed by atoms with Crippen LogP contribution in [0, 0.1) is 0 Å². The molecule has 0 saturated heterocycles. The first kappa shape index (κ1) is 14.8. The van der Waals surface area contributed by atoms with Gasteiger partial charge in [0.2, 0.25) is 0 Å². The summed E-state index contributed by atoms with van der Waals surface area (Å²) in [5.41, 5.74) is 1.33. The third-order valence-corrected chi connectivity index (χ3v) is 3.12. The van der Waals surface area contributed by atoms with E-state index in [0.29, 0.717) is 28.3 Å². The van der Waals surface area contributed by atoms with Gasteiger partial charge in [-0.15, -0.1) is 0 Å². The quantitative estimate of drug-likeness (QED) is 0.915. The van der Waals surface area contributed by atoms with Crippen molar-refractivity contribution < 1.29 is 23.8 Å². The van der Waals surface area contributed by atoms with Crippen molar-refractivity contribution in [2.24, 2.45) is 7.05 Å². The molecule has 0 saturated carbocycles. The van der Waals surface area contributed by atoms with Crippen molar-refractivity contribution in [3.8, 4) is 22.8 Å². The van der Waals surface area contributed by atoms with E-state index in [1.807, 2.05) is 0 Å². The number of aryl methyl sites for hydroxylation is 1. The highest BCUT2D eigenvalue weighted by Crippen LogP contribution is 2.36. The predicted octanol–water partition coefficient (Wildman–Crippen LogP) is 2.27. The van der Waals surface area contributed by atoms with E-state index >= 15 is 0 Å². The van der Waals surface area contributed by atoms with Crippen LogP contribution in [0.5, 0.6) is 11.5 Å². The Morgan fingerprint density at radius 2 is 1.95 bits per heavy atom. The molecule has 0 aliphatic rings. The van der Waals surface area contributed by atoms with Gasteiger partial charge in [0.05, 0.1) is 19.9 Å². The summed E-state index contributed by atoms with van der Waals surface area (Å²) in [5, 5.41) is 12.9. The summed E-state index contributed by atoms with van der Waals surface area (Å²) in [6.07, 6.45) is 0. The number of rotatable bonds is 5. The van der Waals surface area contributed by atoms with Crippen LogP contribution in [-0.2, 0) is 13.7 Å². The number of carbonyl (C=O) groups is 1. The summed E-state index contributed by atoms with van der Waals surface area (Å²) in [6.45, 7) is -0.705. The molecule has 0 amide bonds. The van der Waals surface area contributed by atoms with Crippen molar-refractivity contribution in [3.05, 3.63) is 29.5 Å². The van der Waals surface area contributed by atoms with Crippen LogP contribution in [0.15, 0.2) is 18.2 Å². The number of hydrogen-bond acceptors (Lipinski definition) is 4. The second kappa shape index (κ2) is 5.82. The number of carboxylic acid groups (broad SMARTS) is 1. The summed E-state index contributed by atoms with van der Waals surface area (Å²) < 4.78 is 24.9. The van der Waals surface area contributed by atoms with Crippen LogP contribution in [0.25, 0.3) is 11.3 Å². The fraction of sp³-hybridized carbons (Fsp3) is 0.286. The summed E-state index contributed by atoms with van der Waals surface area (Å²) in [7, 11) is 4.53. The van der Waals surface area contributed by atoms with Crippen LogP contribution in [-0.4, -0.2) is 35.1 Å². The van der Waals surface area contributed by atoms with Crippen LogP contribution in [0.2, 0.25) is 0 Å². The van der Waals surface area contributed by atoms with Gasteiger partial charge in [0.1, 0.15) is 18.2 Å². The Hall–Kier alpha value is -2.57. The maximum absolute atomic E-state index is 13.1. The highest BCUT2D eigenvalue weighted by molar-refractivity contribution is 5.87. The van der Waals surface area contributed by atoms with Gasteiger partial charge in [0, 0.05) is 24.2 Å². The predicted molar refractivity (Wildman–Crippen MR) is 73.5 cm³/mol. The van der Waals surface area contributed by atoms with E-state index < -0.39 is 12.6 Å². The third-order valence-electron chi connectivity index (χ3n) is 3.12. The first-order chi connectivity index (χ1) is 10.0. The number of methoxy groups -OCH3 is 2. The van der Waals surface area contributed by atoms with Gasteiger partial charge in [-0.05, 0) is 12.1 Å². The minimum absolute atomic E-state index is 0.0906. The number of nitrogens with zero attached hydrogens (tertiary/aromatic N) is 2. The van der Waals surface area contributed by atoms with Crippen LogP contribution in [0.3, 0.4) is 0 Å². The molecule has 7 heteroatoms. The molecule has 0 aliphatic heterocycles. The molecule has 1 N–H and O–H groups in total. The first-order valence-electron chi connectivity index (χ1n) is 6.10. The summed E-state index contributed by atoms with van der Waals surface area (Å²) in [4.78, 5) is 11.0. The Labute approximate surface area is 120 Å². The van der Waals surface area contributed by atoms with Crippen molar-refractivity contribution in [1.29, 1.82) is 0 Å². The molecule has 0 spiro atoms. The molecule has 112 valence electrons. The second-order valence-electron chi connectivity index (χ2n) is 4.34. The molecule has 2 rings (SSSR count). The number of aromatic nitrogens is 2. The molecule has 1 aromatic carbocycles. The number of aromatic carboxylic acids is 1. The van der Waals surface area contributed by atoms with Gasteiger partial charge >= 0.3 is 5.97 Å². The van der Waals surface area contributed by atoms with Gasteiger partial charge in [0.15, 0.2) is 5.69 Å². The highest BCUT2D eigenvalue weighted by atomic mass is 19.1. The van der Waals surface area contributed by atoms with E-state index in [-0.39, 0.29) is 5.69 Å². The van der Waals surface area contributed by atoms with E-state index in [2.05, 4.69) is 5.10 Å². The zero-order valence-electron chi connectivity index (χ0n) is 11.9. The lowest BCUT2D eigenvalue weighted by Crippen LogP contribution is -2.00. The number of carboxylic acids is 1. The first-order valence-corrected chi connectivity index (χ1v) is 6.10. The van der Waals surface area contributed by atoms with E-state index in [0.717, 1.165) is 0 Å². The van der Waals surface area contributed by atoms with E-state index in [1.165, 1.54) is 25.0 Å². The number of hydrogen-bond donors (Lipinski definition) is 1. The maximum atomic E-state index is 13.1. The van der Waals surface area contributed by atoms with Gasteiger partial charge in [-0.2, -0.15) is 5.10 Å². The Kier molecular flexibility index (Phi) is 4.11. The standard InChI is InChI=1S/C14H15FN2O4/c1-17-11(5-10(16-17)14(18)19)9-4-8(7-15)12(20-2)6-13(9)21-3/h4-6H,7H2,1-3H3,(H,18,19). The molecule has 0 fully saturated rings. The van der Waals surface area contributed by atoms with Crippen molar-refractivity contribution in [3.63, 3.8) is 0 Å². The zero-order valence-corrected chi connectivity index (χ0v) is 11.9. The molecular formula is C14H15FN2O4. The Morgan fingerprint density at radius 3 is 2.43 bits per heavy atom. The maximum Gasteiger partial charge on any atom is 0.356 e. The van der Waals surface area contributed by atoms with Crippen molar-refractivity contribution in [2.75, 3.05) is 14.2 Å². The minimum atomic E-state index is -1.13. The van der Waals surface area contributed by atoms with Crippen LogP contribution < -0.4 is 9.47 Å². The average Bonchev–Trinajstić information content (AvgIpc) is 2.87. The van der Waals surface area contributed by atoms with Gasteiger partial charge in [-0.1, -0.05) is 0 Å². The number of benzene rings is 1. The molecule has 21 heavy (non-hydrogen) atoms. The number of halogens is 1. The fourth-order valence-corrected chi connectivity index (χ4v) is 2.09. The molecule has 0 radical (unpaired) electrons. The fourth-order valence-electron chi connectivity index (χ4n) is 2.09. The van der Waals surface area contributed by atoms with Crippen LogP contribution >= 0.6 is 0 Å². The average molecular weight is 294 g/mol. The monoisotopic (exact) mass is 294 g/mol. The highest BCUT2D eigenvalue weighted by Gasteiger charge is 2.18. The molecule has 0 aliphatic carbocycles. The number of ether oxygens (including phenoxy) is 2. The summed E-state index contributed by atoms with van der Waals surface area (Å²) in [6, 6.07) is 4.55. The van der Waals surface area contributed by atoms with Gasteiger partial charge < -0.3 is 14.6 Å². The lowest BCUT2D eigenvalue weighted by atomic mass is 10.1. The molecule has 0 unspecified atom stereocenters. The summed E-state index contributed by atoms with van der Waals surface area (Å²) >= 11 is 0. The van der Waals surface area contributed by atoms with Crippen molar-refractivity contribution in [2.45, 2.75) is 6.67 Å². The minimum Gasteiger partial charge on any atom is -0.496 e. The third kappa shape index (κ3) is 2.67. The second-order valence-corrected chi connectivity index (χ2v) is 4.34. The lowest BCUT2D eigenvalue weighted by molar-refractivity contribution is 0.0689. The normalized spacial score (nSPS) is 10.5. The Morgan fingerprint density at radius 1 is 1.29 bits per heavy atom. The van der Waals surface area contributed by atoms with Gasteiger partial charge in [0.25, 0.3) is 0 Å². The lowest BCUT2D eigenvalue weighted by Gasteiger charge is -2.13. The molecule has 1 aromatic heterocycles. The molecule has 0 atom stereocenters. The van der Waals surface area contributed by atoms with E-state index in [4.69, 9.17) is 14.6 Å². The van der Waals surface area contributed by atoms with Crippen molar-refractivity contribution >= 4 is 5.97 Å². The zero-order chi connectivity index (χ0) is 15.6. The smallest absolute Gasteiger partial charge is 0.356 e. The summed E-state index contributed by atoms with van der Waals surface area (Å²) in [5.74, 6) is -0.308. The van der Waals surface area contributed by atoms with Gasteiger partial charge in [-0.3, -0.25) is 4.68 Å². The molecule has 0 bridgehead atoms. The molecule has 6 nitrogen and oxygen atoms in total. The van der Waals surface area contributed by atoms with Gasteiger partial charge in [-0.25, -0.2) is 9.18 Å². The van der Waals surface area contributed by atoms with E-state index in [1.54, 1.807) is 19.2 Å². The Balaban J connectivity index is 2.64. The van der Waals surface area contributed by atoms with Crippen molar-refractivity contribution in [1.82, 2.24) is 9.78 Å². The Bertz CT molecular complexity index is 682. The number of alkyl halides is 1. The molecular weight excluding hydrogens is 279 g/mol. The SMILES string of the molecule is COc1cc(OC)c(-c2cc(C(=O)O)nn2C)cc1CF. The topological polar surface area (TPSA) is 73.6 Å². The molecule has 2 aromatic rings. The van der Waals surface area contributed by atoms with Crippen LogP contribution in [0.1, 0.15) is 16.1 Å². The van der Waals surface area contributed by atoms with Crippen LogP contribution in [0.4, 0.5) is 4.39 Å². The molecule has 1 heterocycles. The van der Waals surface area contributed by atoms with E-state index in [9.17, 15) is 9.18 Å².